The fourth-order valence-electron chi connectivity index (χ4n) is 2.28. The standard InChI is InChI=1S/C8H9BrClNO5S/c1-7(2)3(4(12)13)11-5(14)8(9,10)6(11)17(7,15)16/h3,6H,1-2H3,(H,12,13)/t3-,6+,8-/m0/s1. The van der Waals surface area contributed by atoms with E-state index in [1.165, 1.54) is 13.8 Å². The van der Waals surface area contributed by atoms with Crippen LogP contribution >= 0.6 is 27.5 Å². The molecule has 0 bridgehead atoms. The summed E-state index contributed by atoms with van der Waals surface area (Å²) in [5, 5.41) is 7.74. The van der Waals surface area contributed by atoms with Crippen molar-refractivity contribution in [2.75, 3.05) is 0 Å². The van der Waals surface area contributed by atoms with Gasteiger partial charge in [0.2, 0.25) is 3.78 Å². The topological polar surface area (TPSA) is 91.8 Å². The molecule has 1 N–H and O–H groups in total. The Morgan fingerprint density at radius 1 is 1.53 bits per heavy atom. The number of β-lactam (4-membered cyclic amide) rings is 1. The summed E-state index contributed by atoms with van der Waals surface area (Å²) in [7, 11) is -3.85. The molecule has 0 saturated carbocycles. The van der Waals surface area contributed by atoms with Crippen LogP contribution in [-0.2, 0) is 19.4 Å². The molecule has 96 valence electrons. The number of fused-ring (bicyclic) bond motifs is 1. The molecule has 0 unspecified atom stereocenters. The minimum absolute atomic E-state index is 0.731. The van der Waals surface area contributed by atoms with Crippen molar-refractivity contribution in [2.24, 2.45) is 0 Å². The number of halogens is 2. The first-order valence-corrected chi connectivity index (χ1v) is 7.36. The Balaban J connectivity index is 2.65. The number of rotatable bonds is 1. The summed E-state index contributed by atoms with van der Waals surface area (Å²) >= 11 is 8.63. The van der Waals surface area contributed by atoms with Crippen molar-refractivity contribution in [3.63, 3.8) is 0 Å². The molecule has 0 aromatic heterocycles. The predicted molar refractivity (Wildman–Crippen MR) is 62.6 cm³/mol. The zero-order valence-corrected chi connectivity index (χ0v) is 12.0. The van der Waals surface area contributed by atoms with E-state index in [9.17, 15) is 18.0 Å². The summed E-state index contributed by atoms with van der Waals surface area (Å²) in [5.41, 5.74) is 0. The molecule has 2 aliphatic heterocycles. The van der Waals surface area contributed by atoms with E-state index in [-0.39, 0.29) is 0 Å². The van der Waals surface area contributed by atoms with E-state index < -0.39 is 41.7 Å². The summed E-state index contributed by atoms with van der Waals surface area (Å²) < 4.78 is 21.1. The number of carbonyl (C=O) groups excluding carboxylic acids is 1. The van der Waals surface area contributed by atoms with Crippen LogP contribution in [0.2, 0.25) is 0 Å². The summed E-state index contributed by atoms with van der Waals surface area (Å²) in [6.45, 7) is 2.57. The van der Waals surface area contributed by atoms with Gasteiger partial charge in [-0.1, -0.05) is 27.5 Å². The van der Waals surface area contributed by atoms with Crippen molar-refractivity contribution in [3.05, 3.63) is 0 Å². The Morgan fingerprint density at radius 2 is 2.00 bits per heavy atom. The van der Waals surface area contributed by atoms with E-state index in [2.05, 4.69) is 15.9 Å². The summed E-state index contributed by atoms with van der Waals surface area (Å²) in [6.07, 6.45) is 0. The third kappa shape index (κ3) is 1.23. The lowest BCUT2D eigenvalue weighted by Gasteiger charge is -2.44. The van der Waals surface area contributed by atoms with E-state index in [1.54, 1.807) is 0 Å². The molecule has 3 atom stereocenters. The largest absolute Gasteiger partial charge is 0.480 e. The SMILES string of the molecule is CC1(C)[C@H](C(=O)O)N2C(=O)[C@@](Cl)(Br)[C@H]2S1(=O)=O. The maximum absolute atomic E-state index is 12.2. The van der Waals surface area contributed by atoms with Crippen molar-refractivity contribution >= 4 is 49.2 Å². The molecule has 1 amide bonds. The summed E-state index contributed by atoms with van der Waals surface area (Å²) in [6, 6.07) is -1.41. The second kappa shape index (κ2) is 3.16. The average molecular weight is 347 g/mol. The Bertz CT molecular complexity index is 528. The zero-order valence-electron chi connectivity index (χ0n) is 8.85. The highest BCUT2D eigenvalue weighted by atomic mass is 79.9. The molecule has 0 aromatic rings. The maximum atomic E-state index is 12.2. The quantitative estimate of drug-likeness (QED) is 0.539. The molecule has 2 fully saturated rings. The van der Waals surface area contributed by atoms with Crippen LogP contribution in [0.5, 0.6) is 0 Å². The number of hydrogen-bond acceptors (Lipinski definition) is 4. The van der Waals surface area contributed by atoms with Gasteiger partial charge < -0.3 is 10.0 Å². The van der Waals surface area contributed by atoms with Crippen LogP contribution in [0.4, 0.5) is 0 Å². The van der Waals surface area contributed by atoms with Crippen molar-refractivity contribution < 1.29 is 23.1 Å². The first-order chi connectivity index (χ1) is 7.47. The first kappa shape index (κ1) is 13.1. The van der Waals surface area contributed by atoms with E-state index >= 15 is 0 Å². The third-order valence-corrected chi connectivity index (χ3v) is 7.71. The molecule has 17 heavy (non-hydrogen) atoms. The smallest absolute Gasteiger partial charge is 0.328 e. The van der Waals surface area contributed by atoms with Crippen LogP contribution in [0, 0.1) is 0 Å². The van der Waals surface area contributed by atoms with E-state index in [0.29, 0.717) is 0 Å². The molecule has 0 radical (unpaired) electrons. The van der Waals surface area contributed by atoms with Crippen molar-refractivity contribution in [1.29, 1.82) is 0 Å². The molecular formula is C8H9BrClNO5S. The van der Waals surface area contributed by atoms with Gasteiger partial charge >= 0.3 is 5.97 Å². The van der Waals surface area contributed by atoms with E-state index in [4.69, 9.17) is 16.7 Å². The van der Waals surface area contributed by atoms with Crippen molar-refractivity contribution in [1.82, 2.24) is 4.90 Å². The van der Waals surface area contributed by atoms with E-state index in [1.807, 2.05) is 0 Å². The lowest BCUT2D eigenvalue weighted by Crippen LogP contribution is -2.69. The molecule has 2 aliphatic rings. The molecule has 0 aliphatic carbocycles. The van der Waals surface area contributed by atoms with Crippen molar-refractivity contribution in [2.45, 2.75) is 33.8 Å². The molecule has 9 heteroatoms. The number of carbonyl (C=O) groups is 2. The number of nitrogens with zero attached hydrogens (tertiary/aromatic N) is 1. The maximum Gasteiger partial charge on any atom is 0.328 e. The van der Waals surface area contributed by atoms with Gasteiger partial charge in [-0.15, -0.1) is 0 Å². The molecule has 2 heterocycles. The summed E-state index contributed by atoms with van der Waals surface area (Å²) in [5.74, 6) is -2.08. The Morgan fingerprint density at radius 3 is 2.41 bits per heavy atom. The van der Waals surface area contributed by atoms with Gasteiger partial charge in [-0.3, -0.25) is 4.79 Å². The summed E-state index contributed by atoms with van der Waals surface area (Å²) in [4.78, 5) is 23.6. The van der Waals surface area contributed by atoms with Gasteiger partial charge in [-0.05, 0) is 13.8 Å². The number of sulfone groups is 1. The highest BCUT2D eigenvalue weighted by Crippen LogP contribution is 2.55. The molecular weight excluding hydrogens is 338 g/mol. The second-order valence-corrected chi connectivity index (χ2v) is 9.47. The number of aliphatic carboxylic acids is 1. The van der Waals surface area contributed by atoms with Crippen LogP contribution < -0.4 is 0 Å². The first-order valence-electron chi connectivity index (χ1n) is 4.64. The Labute approximate surface area is 111 Å². The number of carboxylic acids is 1. The molecule has 2 rings (SSSR count). The van der Waals surface area contributed by atoms with Gasteiger partial charge in [0, 0.05) is 0 Å². The fourth-order valence-corrected chi connectivity index (χ4v) is 6.11. The highest BCUT2D eigenvalue weighted by molar-refractivity contribution is 9.11. The molecule has 0 spiro atoms. The number of amides is 1. The van der Waals surface area contributed by atoms with Gasteiger partial charge in [0.25, 0.3) is 5.91 Å². The van der Waals surface area contributed by atoms with Gasteiger partial charge in [0.05, 0.1) is 0 Å². The normalized spacial score (nSPS) is 41.9. The van der Waals surface area contributed by atoms with Gasteiger partial charge in [0.15, 0.2) is 15.2 Å². The number of carboxylic acid groups (broad SMARTS) is 1. The van der Waals surface area contributed by atoms with Crippen molar-refractivity contribution in [3.8, 4) is 0 Å². The highest BCUT2D eigenvalue weighted by Gasteiger charge is 2.77. The number of hydrogen-bond donors (Lipinski definition) is 1. The van der Waals surface area contributed by atoms with Gasteiger partial charge in [0.1, 0.15) is 10.8 Å². The Hall–Kier alpha value is -0.340. The minimum atomic E-state index is -3.85. The third-order valence-electron chi connectivity index (χ3n) is 3.28. The van der Waals surface area contributed by atoms with Crippen LogP contribution in [0.15, 0.2) is 0 Å². The molecule has 0 aromatic carbocycles. The monoisotopic (exact) mass is 345 g/mol. The number of alkyl halides is 2. The molecule has 6 nitrogen and oxygen atoms in total. The van der Waals surface area contributed by atoms with Crippen LogP contribution in [-0.4, -0.2) is 50.2 Å². The fraction of sp³-hybridized carbons (Fsp3) is 0.750. The van der Waals surface area contributed by atoms with Gasteiger partial charge in [-0.2, -0.15) is 0 Å². The van der Waals surface area contributed by atoms with E-state index in [0.717, 1.165) is 4.90 Å². The second-order valence-electron chi connectivity index (χ2n) is 4.58. The predicted octanol–water partition coefficient (Wildman–Crippen LogP) is 0.145. The average Bonchev–Trinajstić information content (AvgIpc) is 2.29. The molecule has 2 saturated heterocycles. The van der Waals surface area contributed by atoms with Gasteiger partial charge in [-0.25, -0.2) is 13.2 Å². The zero-order chi connectivity index (χ0) is 13.4. The minimum Gasteiger partial charge on any atom is -0.480 e. The van der Waals surface area contributed by atoms with Crippen LogP contribution in [0.3, 0.4) is 0 Å². The van der Waals surface area contributed by atoms with Crippen LogP contribution in [0.1, 0.15) is 13.8 Å². The lowest BCUT2D eigenvalue weighted by molar-refractivity contribution is -0.157. The lowest BCUT2D eigenvalue weighted by atomic mass is 9.98. The van der Waals surface area contributed by atoms with Crippen LogP contribution in [0.25, 0.3) is 0 Å². The Kier molecular flexibility index (Phi) is 2.43.